The van der Waals surface area contributed by atoms with Gasteiger partial charge in [0.2, 0.25) is 0 Å². The van der Waals surface area contributed by atoms with Crippen molar-refractivity contribution >= 4 is 57.6 Å². The minimum absolute atomic E-state index is 0. The van der Waals surface area contributed by atoms with Crippen molar-refractivity contribution in [3.8, 4) is 0 Å². The van der Waals surface area contributed by atoms with E-state index in [-0.39, 0.29) is 12.4 Å². The molecule has 0 atom stereocenters. The van der Waals surface area contributed by atoms with Crippen molar-refractivity contribution < 1.29 is 0 Å². The van der Waals surface area contributed by atoms with Crippen LogP contribution in [0.25, 0.3) is 0 Å². The second kappa shape index (κ2) is 6.39. The van der Waals surface area contributed by atoms with Gasteiger partial charge in [0.1, 0.15) is 0 Å². The van der Waals surface area contributed by atoms with E-state index >= 15 is 0 Å². The molecule has 1 rings (SSSR count). The molecule has 0 saturated carbocycles. The molecule has 1 aromatic carbocycles. The molecular weight excluding hydrogens is 399 g/mol. The minimum Gasteiger partial charge on any atom is -0.316 e. The molecule has 68 valence electrons. The zero-order chi connectivity index (χ0) is 8.27. The number of hydrogen-bond acceptors (Lipinski definition) is 1. The second-order valence-corrected chi connectivity index (χ2v) is 4.48. The van der Waals surface area contributed by atoms with Gasteiger partial charge in [0.25, 0.3) is 0 Å². The minimum atomic E-state index is 0. The number of halogens is 3. The van der Waals surface area contributed by atoms with E-state index < -0.39 is 0 Å². The normalized spacial score (nSPS) is 9.25. The highest BCUT2D eigenvalue weighted by atomic mass is 127. The summed E-state index contributed by atoms with van der Waals surface area (Å²) < 4.78 is 2.69. The molecule has 0 aromatic heterocycles. The summed E-state index contributed by atoms with van der Waals surface area (Å²) in [6.07, 6.45) is 0. The van der Waals surface area contributed by atoms with E-state index in [1.165, 1.54) is 12.7 Å². The first-order valence-electron chi connectivity index (χ1n) is 3.33. The van der Waals surface area contributed by atoms with Crippen molar-refractivity contribution in [1.29, 1.82) is 0 Å². The van der Waals surface area contributed by atoms with Crippen molar-refractivity contribution in [1.82, 2.24) is 5.32 Å². The van der Waals surface area contributed by atoms with Crippen LogP contribution in [0.3, 0.4) is 0 Å². The molecule has 0 saturated heterocycles. The van der Waals surface area contributed by atoms with Crippen LogP contribution in [0, 0.1) is 7.14 Å². The SMILES string of the molecule is CNCc1cccc(I)c1I.Cl. The fraction of sp³-hybridized carbons (Fsp3) is 0.250. The smallest absolute Gasteiger partial charge is 0.0308 e. The summed E-state index contributed by atoms with van der Waals surface area (Å²) in [5.74, 6) is 0. The summed E-state index contributed by atoms with van der Waals surface area (Å²) in [5, 5.41) is 3.14. The Labute approximate surface area is 106 Å². The maximum atomic E-state index is 3.14. The van der Waals surface area contributed by atoms with Crippen molar-refractivity contribution in [3.05, 3.63) is 30.9 Å². The third-order valence-electron chi connectivity index (χ3n) is 1.40. The fourth-order valence-electron chi connectivity index (χ4n) is 0.875. The molecule has 0 radical (unpaired) electrons. The predicted octanol–water partition coefficient (Wildman–Crippen LogP) is 3.04. The monoisotopic (exact) mass is 409 g/mol. The van der Waals surface area contributed by atoms with Gasteiger partial charge in [-0.25, -0.2) is 0 Å². The lowest BCUT2D eigenvalue weighted by Crippen LogP contribution is -2.06. The van der Waals surface area contributed by atoms with Crippen LogP contribution in [0.5, 0.6) is 0 Å². The molecule has 0 fully saturated rings. The lowest BCUT2D eigenvalue weighted by Gasteiger charge is -2.04. The molecular formula is C8H10ClI2N. The first-order valence-corrected chi connectivity index (χ1v) is 5.49. The molecule has 0 amide bonds. The van der Waals surface area contributed by atoms with Gasteiger partial charge < -0.3 is 5.32 Å². The summed E-state index contributed by atoms with van der Waals surface area (Å²) in [7, 11) is 1.97. The Morgan fingerprint density at radius 3 is 2.58 bits per heavy atom. The third-order valence-corrected chi connectivity index (χ3v) is 4.60. The molecule has 0 heterocycles. The molecule has 1 aromatic rings. The highest BCUT2D eigenvalue weighted by Crippen LogP contribution is 2.18. The molecule has 0 aliphatic carbocycles. The Bertz CT molecular complexity index is 253. The Hall–Kier alpha value is 0.930. The molecule has 1 N–H and O–H groups in total. The molecule has 4 heteroatoms. The Morgan fingerprint density at radius 1 is 1.33 bits per heavy atom. The summed E-state index contributed by atoms with van der Waals surface area (Å²) in [6, 6.07) is 6.37. The lowest BCUT2D eigenvalue weighted by atomic mass is 10.2. The fourth-order valence-corrected chi connectivity index (χ4v) is 1.98. The van der Waals surface area contributed by atoms with Crippen molar-refractivity contribution in [2.45, 2.75) is 6.54 Å². The zero-order valence-electron chi connectivity index (χ0n) is 6.60. The van der Waals surface area contributed by atoms with E-state index in [0.717, 1.165) is 6.54 Å². The van der Waals surface area contributed by atoms with Crippen LogP contribution in [0.2, 0.25) is 0 Å². The molecule has 1 nitrogen and oxygen atoms in total. The van der Waals surface area contributed by atoms with Crippen LogP contribution in [-0.2, 0) is 6.54 Å². The molecule has 0 aliphatic heterocycles. The zero-order valence-corrected chi connectivity index (χ0v) is 11.7. The number of hydrogen-bond donors (Lipinski definition) is 1. The highest BCUT2D eigenvalue weighted by Gasteiger charge is 2.00. The van der Waals surface area contributed by atoms with Gasteiger partial charge >= 0.3 is 0 Å². The van der Waals surface area contributed by atoms with Gasteiger partial charge in [-0.2, -0.15) is 0 Å². The summed E-state index contributed by atoms with van der Waals surface area (Å²) >= 11 is 4.74. The van der Waals surface area contributed by atoms with E-state index in [1.807, 2.05) is 7.05 Å². The first-order chi connectivity index (χ1) is 5.25. The highest BCUT2D eigenvalue weighted by molar-refractivity contribution is 14.1. The van der Waals surface area contributed by atoms with Gasteiger partial charge in [-0.15, -0.1) is 12.4 Å². The van der Waals surface area contributed by atoms with Crippen molar-refractivity contribution in [3.63, 3.8) is 0 Å². The third kappa shape index (κ3) is 3.35. The molecule has 0 unspecified atom stereocenters. The van der Waals surface area contributed by atoms with E-state index in [2.05, 4.69) is 68.7 Å². The van der Waals surface area contributed by atoms with Gasteiger partial charge in [-0.05, 0) is 63.9 Å². The largest absolute Gasteiger partial charge is 0.316 e. The summed E-state index contributed by atoms with van der Waals surface area (Å²) in [5.41, 5.74) is 1.38. The predicted molar refractivity (Wildman–Crippen MR) is 71.9 cm³/mol. The van der Waals surface area contributed by atoms with E-state index in [4.69, 9.17) is 0 Å². The maximum Gasteiger partial charge on any atom is 0.0308 e. The van der Waals surface area contributed by atoms with Crippen LogP contribution >= 0.6 is 57.6 Å². The number of rotatable bonds is 2. The number of nitrogens with one attached hydrogen (secondary N) is 1. The standard InChI is InChI=1S/C8H9I2N.ClH/c1-11-5-6-3-2-4-7(9)8(6)10;/h2-4,11H,5H2,1H3;1H. The molecule has 12 heavy (non-hydrogen) atoms. The summed E-state index contributed by atoms with van der Waals surface area (Å²) in [4.78, 5) is 0. The van der Waals surface area contributed by atoms with Crippen molar-refractivity contribution in [2.24, 2.45) is 0 Å². The van der Waals surface area contributed by atoms with Gasteiger partial charge in [0.05, 0.1) is 0 Å². The average molecular weight is 409 g/mol. The van der Waals surface area contributed by atoms with E-state index in [1.54, 1.807) is 0 Å². The van der Waals surface area contributed by atoms with Gasteiger partial charge in [0.15, 0.2) is 0 Å². The maximum absolute atomic E-state index is 3.14. The van der Waals surface area contributed by atoms with Crippen LogP contribution in [0.15, 0.2) is 18.2 Å². The Kier molecular flexibility index (Phi) is 6.89. The van der Waals surface area contributed by atoms with Crippen LogP contribution in [-0.4, -0.2) is 7.05 Å². The quantitative estimate of drug-likeness (QED) is 0.741. The van der Waals surface area contributed by atoms with E-state index in [0.29, 0.717) is 0 Å². The Morgan fingerprint density at radius 2 is 2.00 bits per heavy atom. The molecule has 0 spiro atoms. The van der Waals surface area contributed by atoms with Crippen LogP contribution in [0.1, 0.15) is 5.56 Å². The van der Waals surface area contributed by atoms with E-state index in [9.17, 15) is 0 Å². The second-order valence-electron chi connectivity index (χ2n) is 2.24. The van der Waals surface area contributed by atoms with Crippen molar-refractivity contribution in [2.75, 3.05) is 7.05 Å². The first kappa shape index (κ1) is 12.9. The van der Waals surface area contributed by atoms with Gasteiger partial charge in [-0.3, -0.25) is 0 Å². The lowest BCUT2D eigenvalue weighted by molar-refractivity contribution is 0.813. The van der Waals surface area contributed by atoms with Crippen LogP contribution < -0.4 is 5.32 Å². The topological polar surface area (TPSA) is 12.0 Å². The van der Waals surface area contributed by atoms with Gasteiger partial charge in [0, 0.05) is 13.7 Å². The van der Waals surface area contributed by atoms with Crippen LogP contribution in [0.4, 0.5) is 0 Å². The molecule has 0 bridgehead atoms. The van der Waals surface area contributed by atoms with Gasteiger partial charge in [-0.1, -0.05) is 12.1 Å². The Balaban J connectivity index is 0.00000121. The summed E-state index contributed by atoms with van der Waals surface area (Å²) in [6.45, 7) is 0.953. The molecule has 0 aliphatic rings. The average Bonchev–Trinajstić information content (AvgIpc) is 1.99. The number of benzene rings is 1.